The fourth-order valence-electron chi connectivity index (χ4n) is 4.60. The van der Waals surface area contributed by atoms with E-state index in [0.29, 0.717) is 69.3 Å². The second-order valence-electron chi connectivity index (χ2n) is 9.34. The summed E-state index contributed by atoms with van der Waals surface area (Å²) in [5.74, 6) is 0.772. The molecule has 11 nitrogen and oxygen atoms in total. The molecule has 0 radical (unpaired) electrons. The molecule has 0 saturated heterocycles. The quantitative estimate of drug-likeness (QED) is 0.187. The van der Waals surface area contributed by atoms with Crippen LogP contribution in [0.2, 0.25) is 0 Å². The maximum Gasteiger partial charge on any atom is 0.338 e. The summed E-state index contributed by atoms with van der Waals surface area (Å²) in [6.45, 7) is 7.55. The highest BCUT2D eigenvalue weighted by atomic mass is 79.9. The Morgan fingerprint density at radius 2 is 1.91 bits per heavy atom. The van der Waals surface area contributed by atoms with Crippen LogP contribution in [-0.2, 0) is 9.53 Å². The smallest absolute Gasteiger partial charge is 0.338 e. The molecular weight excluding hydrogens is 740 g/mol. The van der Waals surface area contributed by atoms with Crippen LogP contribution in [-0.4, -0.2) is 40.8 Å². The predicted molar refractivity (Wildman–Crippen MR) is 172 cm³/mol. The van der Waals surface area contributed by atoms with E-state index in [0.717, 1.165) is 11.8 Å². The Morgan fingerprint density at radius 1 is 1.14 bits per heavy atom. The average Bonchev–Trinajstić information content (AvgIpc) is 3.45. The van der Waals surface area contributed by atoms with Crippen molar-refractivity contribution in [1.82, 2.24) is 14.5 Å². The average molecular weight is 766 g/mol. The van der Waals surface area contributed by atoms with Crippen LogP contribution in [0.3, 0.4) is 0 Å². The first-order valence-electron chi connectivity index (χ1n) is 13.3. The van der Waals surface area contributed by atoms with Gasteiger partial charge in [-0.05, 0) is 79.1 Å². The summed E-state index contributed by atoms with van der Waals surface area (Å²) in [7, 11) is 1.54. The lowest BCUT2D eigenvalue weighted by atomic mass is 9.95. The Bertz CT molecular complexity index is 2040. The van der Waals surface area contributed by atoms with E-state index in [-0.39, 0.29) is 23.3 Å². The van der Waals surface area contributed by atoms with Crippen LogP contribution in [0.25, 0.3) is 6.08 Å². The number of rotatable bonds is 9. The van der Waals surface area contributed by atoms with Gasteiger partial charge in [0.2, 0.25) is 0 Å². The van der Waals surface area contributed by atoms with Gasteiger partial charge in [0.15, 0.2) is 26.5 Å². The van der Waals surface area contributed by atoms with E-state index < -0.39 is 12.0 Å². The van der Waals surface area contributed by atoms with Crippen molar-refractivity contribution in [1.29, 1.82) is 0 Å². The molecule has 0 bridgehead atoms. The third kappa shape index (κ3) is 6.36. The number of carbonyl (C=O) groups is 1. The minimum atomic E-state index is -0.870. The van der Waals surface area contributed by atoms with Gasteiger partial charge in [-0.3, -0.25) is 14.2 Å². The molecule has 1 aromatic carbocycles. The lowest BCUT2D eigenvalue weighted by Gasteiger charge is -2.26. The van der Waals surface area contributed by atoms with Crippen molar-refractivity contribution in [3.8, 4) is 11.5 Å². The molecule has 1 atom stereocenters. The number of hydrogen-bond donors (Lipinski definition) is 1. The molecule has 0 amide bonds. The lowest BCUT2D eigenvalue weighted by molar-refractivity contribution is -0.139. The van der Waals surface area contributed by atoms with Crippen molar-refractivity contribution in [3.05, 3.63) is 91.5 Å². The standard InChI is InChI=1S/C29H26Br2N4O7S2/c1-6-40-20-11-16(17(30)12-19(20)39-5)24-23(26(38)41-7-2)14(4)33-29-35(24)25(37)21(43-29)10-15-9-18(31)27(42-15)44-28-32-13(3)8-22(36)34-28/h8-12,24H,6-7H2,1-5H3,(H,32,34,36)/b21-10+/t24-/m0/s1. The van der Waals surface area contributed by atoms with E-state index in [1.54, 1.807) is 45.0 Å². The van der Waals surface area contributed by atoms with E-state index >= 15 is 0 Å². The number of thiazole rings is 1. The molecule has 1 aliphatic heterocycles. The highest BCUT2D eigenvalue weighted by Crippen LogP contribution is 2.41. The predicted octanol–water partition coefficient (Wildman–Crippen LogP) is 4.87. The Balaban J connectivity index is 1.65. The number of aromatic nitrogens is 3. The number of furan rings is 1. The first-order chi connectivity index (χ1) is 21.0. The topological polar surface area (TPSA) is 138 Å². The number of fused-ring (bicyclic) bond motifs is 1. The first-order valence-corrected chi connectivity index (χ1v) is 16.5. The van der Waals surface area contributed by atoms with Gasteiger partial charge in [-0.1, -0.05) is 27.3 Å². The molecule has 4 aromatic rings. The van der Waals surface area contributed by atoms with Crippen LogP contribution >= 0.6 is 55.0 Å². The van der Waals surface area contributed by atoms with Crippen LogP contribution in [0.1, 0.15) is 43.8 Å². The van der Waals surface area contributed by atoms with Crippen LogP contribution in [0, 0.1) is 6.92 Å². The monoisotopic (exact) mass is 764 g/mol. The number of esters is 1. The number of benzene rings is 1. The SMILES string of the molecule is CCOC(=O)C1=C(C)N=c2s/c(=C/c3cc(Br)c(Sc4nc(C)cc(=O)[nH]4)o3)c(=O)n2[C@H]1c1cc(OCC)c(OC)cc1Br. The molecule has 15 heteroatoms. The Hall–Kier alpha value is -3.40. The summed E-state index contributed by atoms with van der Waals surface area (Å²) in [5.41, 5.74) is 1.19. The van der Waals surface area contributed by atoms with E-state index in [4.69, 9.17) is 18.6 Å². The molecule has 230 valence electrons. The molecule has 1 aliphatic rings. The number of halogens is 2. The molecule has 44 heavy (non-hydrogen) atoms. The summed E-state index contributed by atoms with van der Waals surface area (Å²) in [6, 6.07) is 5.74. The number of H-pyrrole nitrogens is 1. The van der Waals surface area contributed by atoms with Gasteiger partial charge in [0, 0.05) is 22.3 Å². The molecule has 0 unspecified atom stereocenters. The summed E-state index contributed by atoms with van der Waals surface area (Å²) >= 11 is 9.41. The van der Waals surface area contributed by atoms with E-state index in [1.165, 1.54) is 29.1 Å². The maximum absolute atomic E-state index is 14.1. The summed E-state index contributed by atoms with van der Waals surface area (Å²) < 4.78 is 25.8. The molecule has 5 rings (SSSR count). The normalized spacial score (nSPS) is 14.8. The van der Waals surface area contributed by atoms with Crippen molar-refractivity contribution in [2.24, 2.45) is 4.99 Å². The zero-order valence-corrected chi connectivity index (χ0v) is 29.0. The molecule has 0 saturated carbocycles. The van der Waals surface area contributed by atoms with Crippen molar-refractivity contribution in [2.45, 2.75) is 44.0 Å². The number of nitrogens with one attached hydrogen (secondary N) is 1. The fourth-order valence-corrected chi connectivity index (χ4v) is 7.53. The number of ether oxygens (including phenoxy) is 3. The number of methoxy groups -OCH3 is 1. The summed E-state index contributed by atoms with van der Waals surface area (Å²) in [6.07, 6.45) is 1.61. The summed E-state index contributed by atoms with van der Waals surface area (Å²) in [4.78, 5) is 51.3. The number of nitrogens with zero attached hydrogens (tertiary/aromatic N) is 3. The highest BCUT2D eigenvalue weighted by molar-refractivity contribution is 9.10. The van der Waals surface area contributed by atoms with Crippen molar-refractivity contribution in [3.63, 3.8) is 0 Å². The van der Waals surface area contributed by atoms with Gasteiger partial charge < -0.3 is 23.6 Å². The molecule has 4 heterocycles. The number of aromatic amines is 1. The van der Waals surface area contributed by atoms with Gasteiger partial charge in [0.25, 0.3) is 11.1 Å². The van der Waals surface area contributed by atoms with Gasteiger partial charge >= 0.3 is 5.97 Å². The van der Waals surface area contributed by atoms with E-state index in [1.807, 2.05) is 6.92 Å². The third-order valence-corrected chi connectivity index (χ3v) is 9.78. The second kappa shape index (κ2) is 13.3. The lowest BCUT2D eigenvalue weighted by Crippen LogP contribution is -2.40. The van der Waals surface area contributed by atoms with E-state index in [2.05, 4.69) is 46.8 Å². The van der Waals surface area contributed by atoms with Gasteiger partial charge in [-0.2, -0.15) is 0 Å². The zero-order chi connectivity index (χ0) is 31.7. The van der Waals surface area contributed by atoms with Crippen LogP contribution in [0.5, 0.6) is 11.5 Å². The number of carbonyl (C=O) groups excluding carboxylic acids is 1. The van der Waals surface area contributed by atoms with Crippen LogP contribution < -0.4 is 29.9 Å². The second-order valence-corrected chi connectivity index (χ2v) is 13.0. The van der Waals surface area contributed by atoms with Crippen molar-refractivity contribution < 1.29 is 23.4 Å². The fraction of sp³-hybridized carbons (Fsp3) is 0.276. The van der Waals surface area contributed by atoms with Gasteiger partial charge in [-0.25, -0.2) is 14.8 Å². The minimum absolute atomic E-state index is 0.153. The molecular formula is C29H26Br2N4O7S2. The van der Waals surface area contributed by atoms with Gasteiger partial charge in [0.1, 0.15) is 5.76 Å². The Morgan fingerprint density at radius 3 is 2.59 bits per heavy atom. The van der Waals surface area contributed by atoms with Crippen molar-refractivity contribution in [2.75, 3.05) is 20.3 Å². The first kappa shape index (κ1) is 32.0. The largest absolute Gasteiger partial charge is 0.493 e. The molecule has 1 N–H and O–H groups in total. The van der Waals surface area contributed by atoms with Crippen molar-refractivity contribution >= 4 is 67.0 Å². The van der Waals surface area contributed by atoms with Gasteiger partial charge in [-0.15, -0.1) is 0 Å². The van der Waals surface area contributed by atoms with Crippen LogP contribution in [0.4, 0.5) is 0 Å². The Kier molecular flexibility index (Phi) is 9.68. The Labute approximate surface area is 275 Å². The van der Waals surface area contributed by atoms with E-state index in [9.17, 15) is 14.4 Å². The molecule has 0 fully saturated rings. The number of aryl methyl sites for hydroxylation is 1. The minimum Gasteiger partial charge on any atom is -0.493 e. The van der Waals surface area contributed by atoms with Gasteiger partial charge in [0.05, 0.1) is 46.6 Å². The highest BCUT2D eigenvalue weighted by Gasteiger charge is 2.35. The van der Waals surface area contributed by atoms with Crippen LogP contribution in [0.15, 0.2) is 73.7 Å². The third-order valence-electron chi connectivity index (χ3n) is 6.38. The number of hydrogen-bond acceptors (Lipinski definition) is 11. The zero-order valence-electron chi connectivity index (χ0n) is 24.2. The number of allylic oxidation sites excluding steroid dienone is 1. The maximum atomic E-state index is 14.1. The molecule has 3 aromatic heterocycles. The molecule has 0 aliphatic carbocycles. The molecule has 0 spiro atoms. The summed E-state index contributed by atoms with van der Waals surface area (Å²) in [5, 5.41) is 0.816.